The van der Waals surface area contributed by atoms with Crippen LogP contribution in [0.15, 0.2) is 35.7 Å². The maximum Gasteiger partial charge on any atom is 0.100 e. The van der Waals surface area contributed by atoms with E-state index in [2.05, 4.69) is 11.4 Å². The van der Waals surface area contributed by atoms with Gasteiger partial charge in [-0.25, -0.2) is 0 Å². The maximum atomic E-state index is 9.18. The molecule has 0 unspecified atom stereocenters. The van der Waals surface area contributed by atoms with Gasteiger partial charge in [-0.05, 0) is 12.1 Å². The summed E-state index contributed by atoms with van der Waals surface area (Å²) >= 11 is 1.56. The van der Waals surface area contributed by atoms with Crippen LogP contribution in [0, 0.1) is 11.3 Å². The van der Waals surface area contributed by atoms with E-state index < -0.39 is 0 Å². The fraction of sp³-hybridized carbons (Fsp3) is 0.154. The number of hydrogen-bond acceptors (Lipinski definition) is 4. The molecule has 4 heteroatoms. The summed E-state index contributed by atoms with van der Waals surface area (Å²) in [4.78, 5) is 1.11. The molecule has 3 nitrogen and oxygen atoms in total. The van der Waals surface area contributed by atoms with Crippen molar-refractivity contribution in [3.05, 3.63) is 51.7 Å². The molecule has 2 aromatic rings. The lowest BCUT2D eigenvalue weighted by molar-refractivity contribution is 0.282. The van der Waals surface area contributed by atoms with Gasteiger partial charge in [0.15, 0.2) is 0 Å². The van der Waals surface area contributed by atoms with E-state index in [4.69, 9.17) is 5.26 Å². The molecule has 0 saturated carbocycles. The van der Waals surface area contributed by atoms with Gasteiger partial charge >= 0.3 is 0 Å². The highest BCUT2D eigenvalue weighted by Gasteiger charge is 2.02. The average molecular weight is 244 g/mol. The van der Waals surface area contributed by atoms with Gasteiger partial charge in [0.25, 0.3) is 0 Å². The van der Waals surface area contributed by atoms with E-state index in [-0.39, 0.29) is 6.61 Å². The van der Waals surface area contributed by atoms with Gasteiger partial charge in [-0.1, -0.05) is 18.2 Å². The summed E-state index contributed by atoms with van der Waals surface area (Å²) in [6, 6.07) is 11.6. The van der Waals surface area contributed by atoms with Gasteiger partial charge in [0.2, 0.25) is 0 Å². The number of nitrogens with one attached hydrogen (secondary N) is 1. The van der Waals surface area contributed by atoms with Crippen molar-refractivity contribution >= 4 is 17.0 Å². The molecule has 2 rings (SSSR count). The number of nitrogens with zero attached hydrogens (tertiary/aromatic N) is 1. The van der Waals surface area contributed by atoms with E-state index in [9.17, 15) is 5.11 Å². The van der Waals surface area contributed by atoms with Crippen molar-refractivity contribution in [2.45, 2.75) is 13.2 Å². The van der Waals surface area contributed by atoms with Crippen LogP contribution in [0.3, 0.4) is 0 Å². The quantitative estimate of drug-likeness (QED) is 0.869. The summed E-state index contributed by atoms with van der Waals surface area (Å²) in [6.07, 6.45) is 0. The van der Waals surface area contributed by atoms with Gasteiger partial charge in [0.05, 0.1) is 12.2 Å². The first kappa shape index (κ1) is 11.6. The Hall–Kier alpha value is -1.83. The summed E-state index contributed by atoms with van der Waals surface area (Å²) in [5.41, 5.74) is 2.51. The Labute approximate surface area is 104 Å². The fourth-order valence-electron chi connectivity index (χ4n) is 1.54. The Bertz CT molecular complexity index is 542. The molecule has 2 N–H and O–H groups in total. The molecule has 1 aromatic heterocycles. The average Bonchev–Trinajstić information content (AvgIpc) is 2.84. The number of thiophene rings is 1. The van der Waals surface area contributed by atoms with Crippen molar-refractivity contribution in [3.8, 4) is 6.07 Å². The van der Waals surface area contributed by atoms with Gasteiger partial charge < -0.3 is 10.4 Å². The van der Waals surface area contributed by atoms with Gasteiger partial charge in [-0.3, -0.25) is 0 Å². The van der Waals surface area contributed by atoms with E-state index in [1.54, 1.807) is 11.3 Å². The molecule has 0 saturated heterocycles. The largest absolute Gasteiger partial charge is 0.392 e. The Morgan fingerprint density at radius 3 is 2.88 bits per heavy atom. The molecule has 0 atom stereocenters. The maximum absolute atomic E-state index is 9.18. The summed E-state index contributed by atoms with van der Waals surface area (Å²) in [6.45, 7) is 0.695. The third-order valence-corrected chi connectivity index (χ3v) is 3.36. The highest BCUT2D eigenvalue weighted by atomic mass is 32.1. The van der Waals surface area contributed by atoms with Crippen molar-refractivity contribution < 1.29 is 5.11 Å². The molecule has 1 heterocycles. The van der Waals surface area contributed by atoms with Gasteiger partial charge in [0, 0.05) is 28.1 Å². The molecule has 86 valence electrons. The summed E-state index contributed by atoms with van der Waals surface area (Å²) in [7, 11) is 0. The summed E-state index contributed by atoms with van der Waals surface area (Å²) in [5.74, 6) is 0. The Morgan fingerprint density at radius 1 is 1.35 bits per heavy atom. The van der Waals surface area contributed by atoms with Crippen LogP contribution in [0.25, 0.3) is 0 Å². The number of aliphatic hydroxyl groups is 1. The number of benzene rings is 1. The molecule has 1 aromatic carbocycles. The first-order chi connectivity index (χ1) is 8.33. The van der Waals surface area contributed by atoms with Gasteiger partial charge in [-0.2, -0.15) is 5.26 Å². The topological polar surface area (TPSA) is 56.0 Å². The van der Waals surface area contributed by atoms with Crippen LogP contribution in [0.1, 0.15) is 16.0 Å². The number of rotatable bonds is 4. The van der Waals surface area contributed by atoms with Crippen LogP contribution in [0.5, 0.6) is 0 Å². The number of hydrogen-bond donors (Lipinski definition) is 2. The van der Waals surface area contributed by atoms with Crippen LogP contribution in [0.4, 0.5) is 5.69 Å². The number of para-hydroxylation sites is 1. The monoisotopic (exact) mass is 244 g/mol. The number of anilines is 1. The first-order valence-corrected chi connectivity index (χ1v) is 6.11. The highest BCUT2D eigenvalue weighted by Crippen LogP contribution is 2.19. The molecule has 0 radical (unpaired) electrons. The molecule has 0 aliphatic rings. The molecule has 0 amide bonds. The molecular weight excluding hydrogens is 232 g/mol. The van der Waals surface area contributed by atoms with E-state index in [0.29, 0.717) is 12.1 Å². The van der Waals surface area contributed by atoms with E-state index in [1.807, 2.05) is 35.7 Å². The molecule has 0 bridgehead atoms. The van der Waals surface area contributed by atoms with Crippen molar-refractivity contribution in [1.29, 1.82) is 5.26 Å². The minimum Gasteiger partial charge on any atom is -0.392 e. The van der Waals surface area contributed by atoms with E-state index in [1.165, 1.54) is 0 Å². The van der Waals surface area contributed by atoms with Crippen LogP contribution >= 0.6 is 11.3 Å². The lowest BCUT2D eigenvalue weighted by atomic mass is 10.2. The SMILES string of the molecule is N#Cc1csc(CNc2ccccc2CO)c1. The second kappa shape index (κ2) is 5.48. The molecule has 0 fully saturated rings. The molecule has 0 aliphatic carbocycles. The van der Waals surface area contributed by atoms with Gasteiger partial charge in [-0.15, -0.1) is 11.3 Å². The van der Waals surface area contributed by atoms with Crippen LogP contribution in [-0.4, -0.2) is 5.11 Å². The summed E-state index contributed by atoms with van der Waals surface area (Å²) < 4.78 is 0. The fourth-order valence-corrected chi connectivity index (χ4v) is 2.29. The van der Waals surface area contributed by atoms with Crippen LogP contribution < -0.4 is 5.32 Å². The zero-order valence-electron chi connectivity index (χ0n) is 9.18. The second-order valence-electron chi connectivity index (χ2n) is 3.58. The van der Waals surface area contributed by atoms with Crippen molar-refractivity contribution in [2.24, 2.45) is 0 Å². The lowest BCUT2D eigenvalue weighted by Gasteiger charge is -2.08. The van der Waals surface area contributed by atoms with Crippen molar-refractivity contribution in [2.75, 3.05) is 5.32 Å². The molecule has 17 heavy (non-hydrogen) atoms. The first-order valence-electron chi connectivity index (χ1n) is 5.23. The third-order valence-electron chi connectivity index (χ3n) is 2.42. The molecule has 0 spiro atoms. The minimum absolute atomic E-state index is 0.0249. The predicted octanol–water partition coefficient (Wildman–Crippen LogP) is 2.72. The van der Waals surface area contributed by atoms with Crippen molar-refractivity contribution in [3.63, 3.8) is 0 Å². The zero-order valence-corrected chi connectivity index (χ0v) is 10.00. The normalized spacial score (nSPS) is 9.88. The second-order valence-corrected chi connectivity index (χ2v) is 4.58. The minimum atomic E-state index is 0.0249. The Balaban J connectivity index is 2.05. The van der Waals surface area contributed by atoms with Crippen LogP contribution in [-0.2, 0) is 13.2 Å². The zero-order chi connectivity index (χ0) is 12.1. The van der Waals surface area contributed by atoms with Gasteiger partial charge in [0.1, 0.15) is 6.07 Å². The number of nitriles is 1. The number of aliphatic hydroxyl groups excluding tert-OH is 1. The summed E-state index contributed by atoms with van der Waals surface area (Å²) in [5, 5.41) is 23.0. The van der Waals surface area contributed by atoms with E-state index >= 15 is 0 Å². The Kier molecular flexibility index (Phi) is 3.76. The standard InChI is InChI=1S/C13H12N2OS/c14-6-10-5-12(17-9-10)7-15-13-4-2-1-3-11(13)8-16/h1-5,9,15-16H,7-8H2. The van der Waals surface area contributed by atoms with Crippen LogP contribution in [0.2, 0.25) is 0 Å². The molecular formula is C13H12N2OS. The Morgan fingerprint density at radius 2 is 2.18 bits per heavy atom. The third kappa shape index (κ3) is 2.84. The molecule has 0 aliphatic heterocycles. The highest BCUT2D eigenvalue weighted by molar-refractivity contribution is 7.10. The van der Waals surface area contributed by atoms with Crippen molar-refractivity contribution in [1.82, 2.24) is 0 Å². The smallest absolute Gasteiger partial charge is 0.100 e. The van der Waals surface area contributed by atoms with E-state index in [0.717, 1.165) is 16.1 Å². The lowest BCUT2D eigenvalue weighted by Crippen LogP contribution is -2.00. The predicted molar refractivity (Wildman–Crippen MR) is 68.7 cm³/mol.